The molecule has 1 heterocycles. The largest absolute Gasteiger partial charge is 0.480 e. The number of hydrogen-bond donors (Lipinski definition) is 3. The normalized spacial score (nSPS) is 22.0. The lowest BCUT2D eigenvalue weighted by Crippen LogP contribution is -2.54. The van der Waals surface area contributed by atoms with Gasteiger partial charge in [0.15, 0.2) is 0 Å². The number of hydrogen-bond acceptors (Lipinski definition) is 5. The van der Waals surface area contributed by atoms with Crippen molar-refractivity contribution in [1.82, 2.24) is 10.2 Å². The van der Waals surface area contributed by atoms with Gasteiger partial charge >= 0.3 is 11.9 Å². The van der Waals surface area contributed by atoms with Gasteiger partial charge in [-0.15, -0.1) is 11.8 Å². The third-order valence-corrected chi connectivity index (χ3v) is 5.66. The van der Waals surface area contributed by atoms with Gasteiger partial charge in [-0.25, -0.2) is 4.79 Å². The molecule has 0 bridgehead atoms. The summed E-state index contributed by atoms with van der Waals surface area (Å²) in [7, 11) is 0. The van der Waals surface area contributed by atoms with Crippen molar-refractivity contribution in [2.75, 3.05) is 5.75 Å². The van der Waals surface area contributed by atoms with Gasteiger partial charge < -0.3 is 15.1 Å². The molecule has 2 rings (SSSR count). The highest BCUT2D eigenvalue weighted by atomic mass is 32.2. The fraction of sp³-hybridized carbons (Fsp3) is 0.500. The Bertz CT molecular complexity index is 654. The summed E-state index contributed by atoms with van der Waals surface area (Å²) in [5, 5.41) is 21.3. The van der Waals surface area contributed by atoms with Crippen molar-refractivity contribution in [2.45, 2.75) is 50.2 Å². The molecule has 142 valence electrons. The first-order valence-corrected chi connectivity index (χ1v) is 9.55. The smallest absolute Gasteiger partial charge is 0.327 e. The second kappa shape index (κ2) is 9.05. The fourth-order valence-electron chi connectivity index (χ4n) is 3.00. The van der Waals surface area contributed by atoms with Crippen molar-refractivity contribution in [2.24, 2.45) is 0 Å². The average molecular weight is 380 g/mol. The summed E-state index contributed by atoms with van der Waals surface area (Å²) in [6.45, 7) is 3.36. The van der Waals surface area contributed by atoms with E-state index in [0.29, 0.717) is 18.6 Å². The Hall–Kier alpha value is -2.06. The van der Waals surface area contributed by atoms with E-state index in [0.717, 1.165) is 5.56 Å². The Morgan fingerprint density at radius 1 is 1.27 bits per heavy atom. The number of rotatable bonds is 8. The lowest BCUT2D eigenvalue weighted by Gasteiger charge is -2.29. The molecule has 1 fully saturated rings. The minimum absolute atomic E-state index is 0.250. The number of aliphatic carboxylic acids is 2. The van der Waals surface area contributed by atoms with Crippen molar-refractivity contribution in [3.05, 3.63) is 35.9 Å². The van der Waals surface area contributed by atoms with Gasteiger partial charge in [-0.3, -0.25) is 14.9 Å². The zero-order valence-electron chi connectivity index (χ0n) is 14.8. The molecule has 0 spiro atoms. The number of carbonyl (C=O) groups is 3. The summed E-state index contributed by atoms with van der Waals surface area (Å²) in [6, 6.07) is 6.98. The first kappa shape index (κ1) is 20.3. The summed E-state index contributed by atoms with van der Waals surface area (Å²) in [5.74, 6) is -2.12. The van der Waals surface area contributed by atoms with E-state index in [2.05, 4.69) is 5.32 Å². The molecule has 7 nitrogen and oxygen atoms in total. The SMILES string of the molecule is CC1SCC(C(=O)O)N1C(=O)[C@H](C)NC(CCc1ccccc1)C(=O)O. The van der Waals surface area contributed by atoms with E-state index in [4.69, 9.17) is 0 Å². The van der Waals surface area contributed by atoms with Gasteiger partial charge in [0.05, 0.1) is 11.4 Å². The minimum Gasteiger partial charge on any atom is -0.480 e. The van der Waals surface area contributed by atoms with E-state index < -0.39 is 30.1 Å². The number of aryl methyl sites for hydroxylation is 1. The second-order valence-corrected chi connectivity index (χ2v) is 7.68. The van der Waals surface area contributed by atoms with E-state index in [1.165, 1.54) is 16.7 Å². The standard InChI is InChI=1S/C18H24N2O5S/c1-11(16(21)20-12(2)26-10-15(20)18(24)25)19-14(17(22)23)9-8-13-6-4-3-5-7-13/h3-7,11-12,14-15,19H,8-10H2,1-2H3,(H,22,23)(H,24,25)/t11-,12?,14?,15?/m0/s1. The van der Waals surface area contributed by atoms with E-state index in [1.807, 2.05) is 30.3 Å². The van der Waals surface area contributed by atoms with Crippen LogP contribution in [0.3, 0.4) is 0 Å². The topological polar surface area (TPSA) is 107 Å². The van der Waals surface area contributed by atoms with Crippen molar-refractivity contribution in [3.8, 4) is 0 Å². The monoisotopic (exact) mass is 380 g/mol. The van der Waals surface area contributed by atoms with Crippen LogP contribution in [-0.2, 0) is 20.8 Å². The van der Waals surface area contributed by atoms with Crippen LogP contribution in [0.15, 0.2) is 30.3 Å². The molecule has 3 N–H and O–H groups in total. The number of nitrogens with zero attached hydrogens (tertiary/aromatic N) is 1. The maximum atomic E-state index is 12.7. The van der Waals surface area contributed by atoms with Crippen molar-refractivity contribution in [3.63, 3.8) is 0 Å². The molecular formula is C18H24N2O5S. The molecule has 26 heavy (non-hydrogen) atoms. The first-order valence-electron chi connectivity index (χ1n) is 8.50. The van der Waals surface area contributed by atoms with Crippen LogP contribution >= 0.6 is 11.8 Å². The predicted octanol–water partition coefficient (Wildman–Crippen LogP) is 1.43. The third-order valence-electron chi connectivity index (χ3n) is 4.45. The van der Waals surface area contributed by atoms with Gasteiger partial charge in [-0.1, -0.05) is 30.3 Å². The number of carboxylic acids is 2. The number of carboxylic acid groups (broad SMARTS) is 2. The zero-order chi connectivity index (χ0) is 19.3. The molecule has 8 heteroatoms. The van der Waals surface area contributed by atoms with Crippen LogP contribution in [0.5, 0.6) is 0 Å². The van der Waals surface area contributed by atoms with E-state index in [-0.39, 0.29) is 11.3 Å². The molecule has 1 aromatic rings. The molecule has 4 atom stereocenters. The molecule has 1 aliphatic rings. The van der Waals surface area contributed by atoms with E-state index in [1.54, 1.807) is 13.8 Å². The van der Waals surface area contributed by atoms with Crippen molar-refractivity contribution < 1.29 is 24.6 Å². The van der Waals surface area contributed by atoms with Crippen LogP contribution < -0.4 is 5.32 Å². The Kier molecular flexibility index (Phi) is 7.05. The molecule has 0 saturated carbocycles. The average Bonchev–Trinajstić information content (AvgIpc) is 3.00. The first-order chi connectivity index (χ1) is 12.3. The van der Waals surface area contributed by atoms with Crippen molar-refractivity contribution >= 4 is 29.6 Å². The molecular weight excluding hydrogens is 356 g/mol. The van der Waals surface area contributed by atoms with Crippen LogP contribution in [0.2, 0.25) is 0 Å². The number of nitrogens with one attached hydrogen (secondary N) is 1. The number of thioether (sulfide) groups is 1. The van der Waals surface area contributed by atoms with Gasteiger partial charge in [0.25, 0.3) is 0 Å². The lowest BCUT2D eigenvalue weighted by atomic mass is 10.0. The molecule has 0 radical (unpaired) electrons. The minimum atomic E-state index is -1.04. The zero-order valence-corrected chi connectivity index (χ0v) is 15.6. The number of amides is 1. The Morgan fingerprint density at radius 3 is 2.50 bits per heavy atom. The summed E-state index contributed by atoms with van der Waals surface area (Å²) in [4.78, 5) is 36.9. The molecule has 1 amide bonds. The van der Waals surface area contributed by atoms with E-state index in [9.17, 15) is 24.6 Å². The Labute approximate surface area is 156 Å². The van der Waals surface area contributed by atoms with Gasteiger partial charge in [-0.2, -0.15) is 0 Å². The van der Waals surface area contributed by atoms with Gasteiger partial charge in [0.1, 0.15) is 12.1 Å². The van der Waals surface area contributed by atoms with Gasteiger partial charge in [0, 0.05) is 5.75 Å². The lowest BCUT2D eigenvalue weighted by molar-refractivity contribution is -0.150. The highest BCUT2D eigenvalue weighted by molar-refractivity contribution is 8.00. The van der Waals surface area contributed by atoms with Crippen LogP contribution in [0, 0.1) is 0 Å². The fourth-order valence-corrected chi connectivity index (χ4v) is 4.17. The van der Waals surface area contributed by atoms with Gasteiger partial charge in [0.2, 0.25) is 5.91 Å². The molecule has 0 aliphatic carbocycles. The van der Waals surface area contributed by atoms with Crippen LogP contribution in [-0.4, -0.2) is 62.2 Å². The maximum Gasteiger partial charge on any atom is 0.327 e. The summed E-state index contributed by atoms with van der Waals surface area (Å²) < 4.78 is 0. The molecule has 1 aromatic carbocycles. The predicted molar refractivity (Wildman–Crippen MR) is 99.0 cm³/mol. The van der Waals surface area contributed by atoms with Crippen LogP contribution in [0.25, 0.3) is 0 Å². The summed E-state index contributed by atoms with van der Waals surface area (Å²) in [6.07, 6.45) is 0.906. The summed E-state index contributed by atoms with van der Waals surface area (Å²) >= 11 is 1.40. The summed E-state index contributed by atoms with van der Waals surface area (Å²) in [5.41, 5.74) is 1.02. The second-order valence-electron chi connectivity index (χ2n) is 6.34. The van der Waals surface area contributed by atoms with Crippen LogP contribution in [0.1, 0.15) is 25.8 Å². The molecule has 1 saturated heterocycles. The number of carbonyl (C=O) groups excluding carboxylic acids is 1. The Balaban J connectivity index is 1.99. The molecule has 0 aromatic heterocycles. The van der Waals surface area contributed by atoms with Crippen LogP contribution in [0.4, 0.5) is 0 Å². The number of benzene rings is 1. The van der Waals surface area contributed by atoms with Crippen molar-refractivity contribution in [1.29, 1.82) is 0 Å². The highest BCUT2D eigenvalue weighted by Gasteiger charge is 2.41. The highest BCUT2D eigenvalue weighted by Crippen LogP contribution is 2.29. The maximum absolute atomic E-state index is 12.7. The molecule has 1 aliphatic heterocycles. The quantitative estimate of drug-likeness (QED) is 0.626. The van der Waals surface area contributed by atoms with E-state index >= 15 is 0 Å². The Morgan fingerprint density at radius 2 is 1.92 bits per heavy atom. The molecule has 3 unspecified atom stereocenters. The van der Waals surface area contributed by atoms with Gasteiger partial charge in [-0.05, 0) is 32.3 Å². The third kappa shape index (κ3) is 4.98.